The third kappa shape index (κ3) is 2.09. The molecule has 1 aliphatic rings. The van der Waals surface area contributed by atoms with Crippen LogP contribution in [0.5, 0.6) is 0 Å². The lowest BCUT2D eigenvalue weighted by Crippen LogP contribution is -2.06. The largest absolute Gasteiger partial charge is 0.358 e. The van der Waals surface area contributed by atoms with E-state index in [4.69, 9.17) is 0 Å². The molecule has 0 spiro atoms. The zero-order valence-corrected chi connectivity index (χ0v) is 11.8. The number of nitrogens with one attached hydrogen (secondary N) is 1. The van der Waals surface area contributed by atoms with Crippen LogP contribution in [0.4, 0.5) is 0 Å². The van der Waals surface area contributed by atoms with Crippen molar-refractivity contribution in [2.45, 2.75) is 51.9 Å². The predicted octanol–water partition coefficient (Wildman–Crippen LogP) is 4.64. The van der Waals surface area contributed by atoms with Crippen LogP contribution in [0.3, 0.4) is 0 Å². The van der Waals surface area contributed by atoms with Crippen LogP contribution in [0.2, 0.25) is 0 Å². The number of hydrogen-bond donors (Lipinski definition) is 1. The third-order valence-electron chi connectivity index (χ3n) is 4.44. The minimum atomic E-state index is 0.543. The van der Waals surface area contributed by atoms with Crippen LogP contribution in [0.1, 0.15) is 65.2 Å². The number of H-pyrrole nitrogens is 1. The average Bonchev–Trinajstić information content (AvgIpc) is 2.78. The lowest BCUT2D eigenvalue weighted by Gasteiger charge is -2.21. The molecule has 0 unspecified atom stereocenters. The molecular formula is C17H21NO. The quantitative estimate of drug-likeness (QED) is 0.779. The van der Waals surface area contributed by atoms with Crippen LogP contribution in [0.25, 0.3) is 10.9 Å². The topological polar surface area (TPSA) is 32.9 Å². The van der Waals surface area contributed by atoms with Gasteiger partial charge in [0.15, 0.2) is 6.29 Å². The Kier molecular flexibility index (Phi) is 3.17. The molecule has 1 aliphatic carbocycles. The molecule has 19 heavy (non-hydrogen) atoms. The molecule has 1 saturated carbocycles. The smallest absolute Gasteiger partial charge is 0.152 e. The molecule has 2 nitrogen and oxygen atoms in total. The Hall–Kier alpha value is -1.57. The summed E-state index contributed by atoms with van der Waals surface area (Å²) in [6.45, 7) is 4.20. The third-order valence-corrected chi connectivity index (χ3v) is 4.44. The predicted molar refractivity (Wildman–Crippen MR) is 79.0 cm³/mol. The van der Waals surface area contributed by atoms with E-state index in [1.165, 1.54) is 48.9 Å². The monoisotopic (exact) mass is 255 g/mol. The first-order valence-corrected chi connectivity index (χ1v) is 7.28. The highest BCUT2D eigenvalue weighted by atomic mass is 16.1. The number of aldehydes is 1. The Labute approximate surface area is 114 Å². The summed E-state index contributed by atoms with van der Waals surface area (Å²) in [5.41, 5.74) is 5.66. The maximum absolute atomic E-state index is 11.6. The molecule has 0 atom stereocenters. The molecule has 0 aliphatic heterocycles. The van der Waals surface area contributed by atoms with Gasteiger partial charge in [-0.3, -0.25) is 4.79 Å². The fourth-order valence-corrected chi connectivity index (χ4v) is 3.61. The first kappa shape index (κ1) is 12.5. The lowest BCUT2D eigenvalue weighted by atomic mass is 9.85. The SMILES string of the molecule is Cc1cc(C)c2c(C=O)c(C3CCCCC3)[nH]c2c1. The second kappa shape index (κ2) is 4.84. The van der Waals surface area contributed by atoms with Gasteiger partial charge in [-0.2, -0.15) is 0 Å². The number of carbonyl (C=O) groups excluding carboxylic acids is 1. The summed E-state index contributed by atoms with van der Waals surface area (Å²) in [7, 11) is 0. The Morgan fingerprint density at radius 2 is 1.89 bits per heavy atom. The summed E-state index contributed by atoms with van der Waals surface area (Å²) >= 11 is 0. The van der Waals surface area contributed by atoms with Gasteiger partial charge in [0.2, 0.25) is 0 Å². The minimum absolute atomic E-state index is 0.543. The Morgan fingerprint density at radius 3 is 2.58 bits per heavy atom. The van der Waals surface area contributed by atoms with Crippen LogP contribution in [0, 0.1) is 13.8 Å². The first-order valence-electron chi connectivity index (χ1n) is 7.28. The van der Waals surface area contributed by atoms with Crippen molar-refractivity contribution in [2.75, 3.05) is 0 Å². The Bertz CT molecular complexity index is 618. The van der Waals surface area contributed by atoms with E-state index >= 15 is 0 Å². The van der Waals surface area contributed by atoms with Crippen LogP contribution in [-0.4, -0.2) is 11.3 Å². The number of aryl methyl sites for hydroxylation is 2. The summed E-state index contributed by atoms with van der Waals surface area (Å²) in [5, 5.41) is 1.13. The van der Waals surface area contributed by atoms with Gasteiger partial charge in [-0.25, -0.2) is 0 Å². The van der Waals surface area contributed by atoms with Gasteiger partial charge in [0, 0.05) is 22.2 Å². The van der Waals surface area contributed by atoms with Gasteiger partial charge in [-0.15, -0.1) is 0 Å². The summed E-state index contributed by atoms with van der Waals surface area (Å²) in [5.74, 6) is 0.543. The van der Waals surface area contributed by atoms with Gasteiger partial charge in [0.1, 0.15) is 0 Å². The first-order chi connectivity index (χ1) is 9.20. The molecule has 0 radical (unpaired) electrons. The summed E-state index contributed by atoms with van der Waals surface area (Å²) < 4.78 is 0. The van der Waals surface area contributed by atoms with Gasteiger partial charge >= 0.3 is 0 Å². The second-order valence-corrected chi connectivity index (χ2v) is 5.91. The minimum Gasteiger partial charge on any atom is -0.358 e. The molecule has 1 N–H and O–H groups in total. The van der Waals surface area contributed by atoms with Crippen molar-refractivity contribution in [2.24, 2.45) is 0 Å². The van der Waals surface area contributed by atoms with Crippen molar-refractivity contribution in [3.05, 3.63) is 34.5 Å². The normalized spacial score (nSPS) is 16.9. The molecule has 1 aromatic carbocycles. The lowest BCUT2D eigenvalue weighted by molar-refractivity contribution is 0.112. The van der Waals surface area contributed by atoms with Crippen molar-refractivity contribution in [3.8, 4) is 0 Å². The van der Waals surface area contributed by atoms with Gasteiger partial charge in [-0.05, 0) is 49.8 Å². The van der Waals surface area contributed by atoms with E-state index in [9.17, 15) is 4.79 Å². The molecule has 0 amide bonds. The number of carbonyl (C=O) groups is 1. The number of aromatic amines is 1. The molecular weight excluding hydrogens is 234 g/mol. The zero-order chi connectivity index (χ0) is 13.4. The van der Waals surface area contributed by atoms with Crippen LogP contribution in [0.15, 0.2) is 12.1 Å². The Balaban J connectivity index is 2.18. The van der Waals surface area contributed by atoms with Gasteiger partial charge in [0.25, 0.3) is 0 Å². The standard InChI is InChI=1S/C17H21NO/c1-11-8-12(2)16-14(10-19)17(18-15(16)9-11)13-6-4-3-5-7-13/h8-10,13,18H,3-7H2,1-2H3. The van der Waals surface area contributed by atoms with E-state index in [0.29, 0.717) is 5.92 Å². The van der Waals surface area contributed by atoms with Crippen molar-refractivity contribution in [1.82, 2.24) is 4.98 Å². The van der Waals surface area contributed by atoms with E-state index < -0.39 is 0 Å². The van der Waals surface area contributed by atoms with Crippen molar-refractivity contribution in [3.63, 3.8) is 0 Å². The maximum Gasteiger partial charge on any atom is 0.152 e. The van der Waals surface area contributed by atoms with Crippen LogP contribution in [-0.2, 0) is 0 Å². The van der Waals surface area contributed by atoms with Crippen molar-refractivity contribution >= 4 is 17.2 Å². The molecule has 1 heterocycles. The molecule has 1 fully saturated rings. The van der Waals surface area contributed by atoms with Gasteiger partial charge in [0.05, 0.1) is 0 Å². The van der Waals surface area contributed by atoms with Crippen molar-refractivity contribution in [1.29, 1.82) is 0 Å². The van der Waals surface area contributed by atoms with Gasteiger partial charge < -0.3 is 4.98 Å². The highest BCUT2D eigenvalue weighted by molar-refractivity contribution is 6.01. The molecule has 2 heteroatoms. The van der Waals surface area contributed by atoms with Gasteiger partial charge in [-0.1, -0.05) is 25.3 Å². The maximum atomic E-state index is 11.6. The van der Waals surface area contributed by atoms with E-state index in [2.05, 4.69) is 31.0 Å². The number of rotatable bonds is 2. The number of benzene rings is 1. The van der Waals surface area contributed by atoms with E-state index in [1.54, 1.807) is 0 Å². The van der Waals surface area contributed by atoms with Crippen molar-refractivity contribution < 1.29 is 4.79 Å². The number of fused-ring (bicyclic) bond motifs is 1. The number of hydrogen-bond acceptors (Lipinski definition) is 1. The second-order valence-electron chi connectivity index (χ2n) is 5.91. The van der Waals surface area contributed by atoms with Crippen LogP contribution < -0.4 is 0 Å². The highest BCUT2D eigenvalue weighted by Crippen LogP contribution is 2.37. The summed E-state index contributed by atoms with van der Waals surface area (Å²) in [4.78, 5) is 15.1. The summed E-state index contributed by atoms with van der Waals surface area (Å²) in [6.07, 6.45) is 7.39. The fourth-order valence-electron chi connectivity index (χ4n) is 3.61. The summed E-state index contributed by atoms with van der Waals surface area (Å²) in [6, 6.07) is 4.31. The van der Waals surface area contributed by atoms with Crippen LogP contribution >= 0.6 is 0 Å². The fraction of sp³-hybridized carbons (Fsp3) is 0.471. The van der Waals surface area contributed by atoms with E-state index in [1.807, 2.05) is 0 Å². The highest BCUT2D eigenvalue weighted by Gasteiger charge is 2.22. The zero-order valence-electron chi connectivity index (χ0n) is 11.8. The van der Waals surface area contributed by atoms with E-state index in [0.717, 1.165) is 22.8 Å². The Morgan fingerprint density at radius 1 is 1.16 bits per heavy atom. The molecule has 100 valence electrons. The number of aromatic nitrogens is 1. The molecule has 0 saturated heterocycles. The molecule has 0 bridgehead atoms. The van der Waals surface area contributed by atoms with E-state index in [-0.39, 0.29) is 0 Å². The molecule has 2 aromatic rings. The molecule has 1 aromatic heterocycles. The average molecular weight is 255 g/mol. The molecule has 3 rings (SSSR count).